The highest BCUT2D eigenvalue weighted by atomic mass is 16.7. The van der Waals surface area contributed by atoms with E-state index in [0.29, 0.717) is 25.0 Å². The second kappa shape index (κ2) is 29.1. The Morgan fingerprint density at radius 3 is 1.93 bits per heavy atom. The van der Waals surface area contributed by atoms with Gasteiger partial charge in [0.2, 0.25) is 0 Å². The third-order valence-corrected chi connectivity index (χ3v) is 8.41. The minimum absolute atomic E-state index is 0. The van der Waals surface area contributed by atoms with Gasteiger partial charge in [-0.1, -0.05) is 66.2 Å². The summed E-state index contributed by atoms with van der Waals surface area (Å²) in [5.74, 6) is 0.757. The molecule has 1 saturated carbocycles. The molecule has 2 fully saturated rings. The smallest absolute Gasteiger partial charge is 0.457 e. The lowest BCUT2D eigenvalue weighted by Gasteiger charge is -2.18. The Hall–Kier alpha value is -4.23. The number of ether oxygens (including phenoxy) is 1. The number of likely N-dealkylation sites (N-methyl/N-ethyl adjacent to an activating group) is 1. The Bertz CT molecular complexity index is 1600. The number of aromatic nitrogens is 3. The summed E-state index contributed by atoms with van der Waals surface area (Å²) in [5.41, 5.74) is 6.63. The Kier molecular flexibility index (Phi) is 26.9. The normalized spacial score (nSPS) is 17.9. The van der Waals surface area contributed by atoms with Crippen LogP contribution in [0.4, 0.5) is 0 Å². The molecule has 56 heavy (non-hydrogen) atoms. The molecule has 2 N–H and O–H groups in total. The van der Waals surface area contributed by atoms with Gasteiger partial charge in [0.05, 0.1) is 19.3 Å². The van der Waals surface area contributed by atoms with Crippen LogP contribution in [0.15, 0.2) is 67.5 Å². The Morgan fingerprint density at radius 1 is 0.857 bits per heavy atom. The maximum absolute atomic E-state index is 11.7. The van der Waals surface area contributed by atoms with Crippen molar-refractivity contribution in [3.8, 4) is 0 Å². The van der Waals surface area contributed by atoms with Gasteiger partial charge in [0.1, 0.15) is 6.10 Å². The summed E-state index contributed by atoms with van der Waals surface area (Å²) < 4.78 is 16.2. The van der Waals surface area contributed by atoms with Crippen LogP contribution in [0.3, 0.4) is 0 Å². The molecular weight excluding hydrogens is 707 g/mol. The third kappa shape index (κ3) is 20.6. The molecule has 0 aromatic carbocycles. The molecule has 11 nitrogen and oxygen atoms in total. The number of pyridine rings is 3. The molecule has 0 bridgehead atoms. The van der Waals surface area contributed by atoms with Gasteiger partial charge in [0.15, 0.2) is 0 Å². The number of nitrogens with zero attached hydrogens (tertiary/aromatic N) is 4. The molecular formula is C44H69BN4O7. The molecule has 1 saturated heterocycles. The number of aliphatic hydroxyl groups is 2. The summed E-state index contributed by atoms with van der Waals surface area (Å²) in [5, 5.41) is 17.4. The summed E-state index contributed by atoms with van der Waals surface area (Å²) >= 11 is 0. The van der Waals surface area contributed by atoms with E-state index in [1.807, 2.05) is 58.3 Å². The van der Waals surface area contributed by atoms with Crippen LogP contribution < -0.4 is 0 Å². The molecule has 4 heterocycles. The fourth-order valence-corrected chi connectivity index (χ4v) is 5.33. The number of hydrogen-bond acceptors (Lipinski definition) is 10. The van der Waals surface area contributed by atoms with Crippen molar-refractivity contribution in [2.24, 2.45) is 5.92 Å². The minimum atomic E-state index is -0.429. The van der Waals surface area contributed by atoms with Crippen LogP contribution in [0.25, 0.3) is 12.2 Å². The number of amides is 1. The van der Waals surface area contributed by atoms with E-state index in [4.69, 9.17) is 24.3 Å². The quantitative estimate of drug-likeness (QED) is 0.0757. The van der Waals surface area contributed by atoms with E-state index in [1.54, 1.807) is 55.9 Å². The molecule has 5 rings (SSSR count). The van der Waals surface area contributed by atoms with Crippen LogP contribution in [0.2, 0.25) is 6.32 Å². The first-order valence-electron chi connectivity index (χ1n) is 18.9. The number of rotatable bonds is 13. The molecule has 12 heteroatoms. The topological polar surface area (TPSA) is 144 Å². The first-order valence-corrected chi connectivity index (χ1v) is 18.9. The van der Waals surface area contributed by atoms with E-state index in [1.165, 1.54) is 17.2 Å². The molecule has 1 aliphatic heterocycles. The average molecular weight is 777 g/mol. The monoisotopic (exact) mass is 777 g/mol. The standard InChI is InChI=1S/C13H17NO2.C10H20BNO3.C10H13NO.C9H11NO.2CH4/c1-3-4-7-16-13(15)6-5-12-8-11(2)9-14-10-12;1-5-6-7-11-14-8(2)9(15-11)10(13)12(3)4;1-7-2-8(5-11-4-7)10-3-9(10)6-12;1-8-5-9(3-2-4-11)7-10-6-8;;/h5-6,8-10H,3-4,7H2,1-2H3;8-9H,5-7H2,1-4H3;2,4-5,9-10,12H,3,6H2,1H3;2-3,5-7,11H,4H2,1H3;2*1H4/b6-5+;;;3-2+;;/t;8-,9+;9-,10-;;;/m.01.../s1. The summed E-state index contributed by atoms with van der Waals surface area (Å²) in [6, 6.07) is 6.13. The van der Waals surface area contributed by atoms with Crippen LogP contribution in [-0.4, -0.2) is 95.2 Å². The van der Waals surface area contributed by atoms with Crippen molar-refractivity contribution in [1.82, 2.24) is 19.9 Å². The number of aliphatic hydroxyl groups excluding tert-OH is 2. The summed E-state index contributed by atoms with van der Waals surface area (Å²) in [7, 11) is 3.27. The number of aryl methyl sites for hydroxylation is 3. The lowest BCUT2D eigenvalue weighted by atomic mass is 9.83. The number of esters is 1. The van der Waals surface area contributed by atoms with Crippen molar-refractivity contribution in [2.45, 2.75) is 113 Å². The Balaban J connectivity index is 0.000000718. The van der Waals surface area contributed by atoms with Gasteiger partial charge in [-0.25, -0.2) is 4.79 Å². The molecule has 1 aliphatic carbocycles. The van der Waals surface area contributed by atoms with Crippen molar-refractivity contribution < 1.29 is 33.8 Å². The van der Waals surface area contributed by atoms with Crippen LogP contribution >= 0.6 is 0 Å². The van der Waals surface area contributed by atoms with Gasteiger partial charge in [-0.15, -0.1) is 0 Å². The molecule has 0 unspecified atom stereocenters. The zero-order valence-electron chi connectivity index (χ0n) is 33.5. The lowest BCUT2D eigenvalue weighted by Crippen LogP contribution is -2.38. The van der Waals surface area contributed by atoms with Crippen LogP contribution in [0.5, 0.6) is 0 Å². The number of unbranched alkanes of at least 4 members (excludes halogenated alkanes) is 2. The van der Waals surface area contributed by atoms with Crippen molar-refractivity contribution >= 4 is 31.1 Å². The number of carbonyl (C=O) groups is 2. The van der Waals surface area contributed by atoms with Gasteiger partial charge in [-0.05, 0) is 110 Å². The minimum Gasteiger partial charge on any atom is -0.463 e. The first kappa shape index (κ1) is 51.8. The summed E-state index contributed by atoms with van der Waals surface area (Å²) in [6.45, 7) is 13.0. The number of carbonyl (C=O) groups excluding carboxylic acids is 2. The van der Waals surface area contributed by atoms with E-state index >= 15 is 0 Å². The SMILES string of the molecule is C.C.CCCCB1O[C@@H](C)[C@H](C(=O)N(C)C)O1.CCCCOC(=O)/C=C/c1cncc(C)c1.Cc1cncc(/C=C/CO)c1.Cc1cncc([C@H]2C[C@@H]2CO)c1. The maximum atomic E-state index is 11.7. The molecule has 4 atom stereocenters. The fraction of sp³-hybridized carbons (Fsp3) is 0.523. The molecule has 1 amide bonds. The average Bonchev–Trinajstić information content (AvgIpc) is 3.86. The van der Waals surface area contributed by atoms with Crippen molar-refractivity contribution in [3.63, 3.8) is 0 Å². The van der Waals surface area contributed by atoms with Crippen molar-refractivity contribution in [1.29, 1.82) is 0 Å². The predicted molar refractivity (Wildman–Crippen MR) is 229 cm³/mol. The van der Waals surface area contributed by atoms with E-state index in [0.717, 1.165) is 60.7 Å². The molecule has 0 spiro atoms. The van der Waals surface area contributed by atoms with Crippen LogP contribution in [-0.2, 0) is 23.6 Å². The van der Waals surface area contributed by atoms with E-state index in [-0.39, 0.29) is 46.6 Å². The molecule has 3 aromatic heterocycles. The van der Waals surface area contributed by atoms with Crippen molar-refractivity contribution in [3.05, 3.63) is 101 Å². The lowest BCUT2D eigenvalue weighted by molar-refractivity contribution is -0.138. The van der Waals surface area contributed by atoms with E-state index < -0.39 is 6.10 Å². The van der Waals surface area contributed by atoms with Gasteiger partial charge in [-0.2, -0.15) is 0 Å². The fourth-order valence-electron chi connectivity index (χ4n) is 5.33. The van der Waals surface area contributed by atoms with Crippen LogP contribution in [0, 0.1) is 26.7 Å². The highest BCUT2D eigenvalue weighted by Gasteiger charge is 2.41. The van der Waals surface area contributed by atoms with Gasteiger partial charge in [0, 0.05) is 64.0 Å². The molecule has 0 radical (unpaired) electrons. The predicted octanol–water partition coefficient (Wildman–Crippen LogP) is 8.07. The number of hydrogen-bond donors (Lipinski definition) is 2. The zero-order valence-corrected chi connectivity index (χ0v) is 33.5. The van der Waals surface area contributed by atoms with Gasteiger partial charge < -0.3 is 29.2 Å². The molecule has 2 aliphatic rings. The first-order chi connectivity index (χ1) is 25.9. The van der Waals surface area contributed by atoms with Gasteiger partial charge in [-0.3, -0.25) is 19.7 Å². The van der Waals surface area contributed by atoms with Crippen molar-refractivity contribution in [2.75, 3.05) is 33.9 Å². The van der Waals surface area contributed by atoms with E-state index in [9.17, 15) is 9.59 Å². The maximum Gasteiger partial charge on any atom is 0.457 e. The van der Waals surface area contributed by atoms with Gasteiger partial charge >= 0.3 is 13.1 Å². The van der Waals surface area contributed by atoms with Gasteiger partial charge in [0.25, 0.3) is 5.91 Å². The summed E-state index contributed by atoms with van der Waals surface area (Å²) in [6.07, 6.45) is 23.1. The second-order valence-electron chi connectivity index (χ2n) is 13.8. The molecule has 3 aromatic rings. The second-order valence-corrected chi connectivity index (χ2v) is 13.8. The molecule has 310 valence electrons. The highest BCUT2D eigenvalue weighted by Crippen LogP contribution is 2.46. The highest BCUT2D eigenvalue weighted by molar-refractivity contribution is 6.45. The third-order valence-electron chi connectivity index (χ3n) is 8.41. The Labute approximate surface area is 337 Å². The Morgan fingerprint density at radius 2 is 1.43 bits per heavy atom. The summed E-state index contributed by atoms with van der Waals surface area (Å²) in [4.78, 5) is 36.7. The van der Waals surface area contributed by atoms with E-state index in [2.05, 4.69) is 34.9 Å². The largest absolute Gasteiger partial charge is 0.463 e. The van der Waals surface area contributed by atoms with Crippen LogP contribution in [0.1, 0.15) is 107 Å². The zero-order chi connectivity index (χ0) is 39.9.